The molecule has 0 aliphatic heterocycles. The number of hydrogen-bond acceptors (Lipinski definition) is 4. The van der Waals surface area contributed by atoms with Crippen molar-refractivity contribution >= 4 is 11.3 Å². The van der Waals surface area contributed by atoms with E-state index in [2.05, 4.69) is 9.72 Å². The average Bonchev–Trinajstić information content (AvgIpc) is 2.80. The molecule has 1 heterocycles. The van der Waals surface area contributed by atoms with Crippen molar-refractivity contribution in [2.75, 3.05) is 0 Å². The van der Waals surface area contributed by atoms with Crippen LogP contribution < -0.4 is 10.5 Å². The highest BCUT2D eigenvalue weighted by Crippen LogP contribution is 2.25. The Bertz CT molecular complexity index is 511. The van der Waals surface area contributed by atoms with Crippen molar-refractivity contribution in [2.24, 2.45) is 5.73 Å². The van der Waals surface area contributed by atoms with Crippen LogP contribution in [-0.4, -0.2) is 11.3 Å². The van der Waals surface area contributed by atoms with Crippen molar-refractivity contribution in [3.63, 3.8) is 0 Å². The lowest BCUT2D eigenvalue weighted by Gasteiger charge is -2.12. The van der Waals surface area contributed by atoms with Crippen LogP contribution in [-0.2, 0) is 6.42 Å². The van der Waals surface area contributed by atoms with E-state index in [1.54, 1.807) is 11.7 Å². The third kappa shape index (κ3) is 4.22. The van der Waals surface area contributed by atoms with E-state index in [9.17, 15) is 13.2 Å². The summed E-state index contributed by atoms with van der Waals surface area (Å²) in [6, 6.07) is 5.31. The Kier molecular flexibility index (Phi) is 4.06. The number of nitrogens with zero attached hydrogens (tertiary/aromatic N) is 1. The summed E-state index contributed by atoms with van der Waals surface area (Å²) in [6.07, 6.45) is -2.35. The standard InChI is InChI=1S/C12H11F3N2OS/c13-12(14,15)18-9-3-1-8(2-4-9)11(16)5-10-6-17-7-19-10/h1-4,6-7,11H,5,16H2. The molecule has 3 nitrogen and oxygen atoms in total. The molecule has 102 valence electrons. The van der Waals surface area contributed by atoms with E-state index in [1.807, 2.05) is 0 Å². The number of aromatic nitrogens is 1. The minimum absolute atomic E-state index is 0.249. The van der Waals surface area contributed by atoms with Crippen LogP contribution in [0.3, 0.4) is 0 Å². The second-order valence-corrected chi connectivity index (χ2v) is 4.87. The Hall–Kier alpha value is -1.60. The lowest BCUT2D eigenvalue weighted by molar-refractivity contribution is -0.274. The number of hydrogen-bond donors (Lipinski definition) is 1. The van der Waals surface area contributed by atoms with Gasteiger partial charge in [0.2, 0.25) is 0 Å². The second-order valence-electron chi connectivity index (χ2n) is 3.90. The lowest BCUT2D eigenvalue weighted by Crippen LogP contribution is -2.17. The molecule has 0 aliphatic carbocycles. The molecule has 0 spiro atoms. The zero-order valence-electron chi connectivity index (χ0n) is 9.72. The summed E-state index contributed by atoms with van der Waals surface area (Å²) in [6.45, 7) is 0. The first-order valence-electron chi connectivity index (χ1n) is 5.43. The smallest absolute Gasteiger partial charge is 0.406 e. The molecule has 7 heteroatoms. The van der Waals surface area contributed by atoms with E-state index in [0.29, 0.717) is 6.42 Å². The van der Waals surface area contributed by atoms with Crippen molar-refractivity contribution in [1.29, 1.82) is 0 Å². The van der Waals surface area contributed by atoms with Crippen LogP contribution in [0.25, 0.3) is 0 Å². The van der Waals surface area contributed by atoms with Gasteiger partial charge in [-0.05, 0) is 17.7 Å². The van der Waals surface area contributed by atoms with Gasteiger partial charge in [0.25, 0.3) is 0 Å². The number of thiazole rings is 1. The first kappa shape index (κ1) is 13.8. The maximum Gasteiger partial charge on any atom is 0.573 e. The molecular formula is C12H11F3N2OS. The highest BCUT2D eigenvalue weighted by Gasteiger charge is 2.31. The van der Waals surface area contributed by atoms with Crippen LogP contribution in [0.1, 0.15) is 16.5 Å². The highest BCUT2D eigenvalue weighted by atomic mass is 32.1. The Balaban J connectivity index is 2.01. The largest absolute Gasteiger partial charge is 0.573 e. The summed E-state index contributed by atoms with van der Waals surface area (Å²) < 4.78 is 39.8. The van der Waals surface area contributed by atoms with Crippen molar-refractivity contribution in [3.8, 4) is 5.75 Å². The summed E-state index contributed by atoms with van der Waals surface area (Å²) in [5.41, 5.74) is 8.44. The molecule has 0 bridgehead atoms. The molecule has 0 amide bonds. The highest BCUT2D eigenvalue weighted by molar-refractivity contribution is 7.09. The molecule has 2 aromatic rings. The van der Waals surface area contributed by atoms with Crippen molar-refractivity contribution in [2.45, 2.75) is 18.8 Å². The predicted octanol–water partition coefficient (Wildman–Crippen LogP) is 3.28. The Morgan fingerprint density at radius 2 is 1.95 bits per heavy atom. The number of rotatable bonds is 4. The molecule has 1 atom stereocenters. The van der Waals surface area contributed by atoms with Gasteiger partial charge >= 0.3 is 6.36 Å². The summed E-state index contributed by atoms with van der Waals surface area (Å²) >= 11 is 1.49. The Morgan fingerprint density at radius 3 is 2.47 bits per heavy atom. The zero-order valence-corrected chi connectivity index (χ0v) is 10.5. The van der Waals surface area contributed by atoms with Crippen molar-refractivity contribution in [1.82, 2.24) is 4.98 Å². The molecule has 0 radical (unpaired) electrons. The first-order chi connectivity index (χ1) is 8.94. The fraction of sp³-hybridized carbons (Fsp3) is 0.250. The molecule has 1 aromatic heterocycles. The van der Waals surface area contributed by atoms with Gasteiger partial charge in [0.1, 0.15) is 5.75 Å². The molecule has 0 fully saturated rings. The number of ether oxygens (including phenoxy) is 1. The van der Waals surface area contributed by atoms with Crippen LogP contribution in [0, 0.1) is 0 Å². The lowest BCUT2D eigenvalue weighted by atomic mass is 10.0. The maximum atomic E-state index is 12.0. The van der Waals surface area contributed by atoms with E-state index in [1.165, 1.54) is 35.6 Å². The normalized spacial score (nSPS) is 13.3. The number of alkyl halides is 3. The van der Waals surface area contributed by atoms with Crippen LogP contribution >= 0.6 is 11.3 Å². The van der Waals surface area contributed by atoms with E-state index in [4.69, 9.17) is 5.73 Å². The van der Waals surface area contributed by atoms with E-state index >= 15 is 0 Å². The quantitative estimate of drug-likeness (QED) is 0.939. The van der Waals surface area contributed by atoms with Crippen molar-refractivity contribution in [3.05, 3.63) is 46.4 Å². The minimum atomic E-state index is -4.67. The molecule has 2 N–H and O–H groups in total. The minimum Gasteiger partial charge on any atom is -0.406 e. The van der Waals surface area contributed by atoms with Gasteiger partial charge in [-0.2, -0.15) is 0 Å². The van der Waals surface area contributed by atoms with Gasteiger partial charge in [-0.15, -0.1) is 24.5 Å². The number of nitrogens with two attached hydrogens (primary N) is 1. The summed E-state index contributed by atoms with van der Waals surface area (Å²) in [5.74, 6) is -0.249. The maximum absolute atomic E-state index is 12.0. The van der Waals surface area contributed by atoms with Crippen LogP contribution in [0.15, 0.2) is 36.0 Å². The summed E-state index contributed by atoms with van der Waals surface area (Å²) in [4.78, 5) is 4.97. The van der Waals surface area contributed by atoms with E-state index in [-0.39, 0.29) is 11.8 Å². The second kappa shape index (κ2) is 5.58. The van der Waals surface area contributed by atoms with Gasteiger partial charge in [-0.25, -0.2) is 0 Å². The van der Waals surface area contributed by atoms with Crippen LogP contribution in [0.4, 0.5) is 13.2 Å². The monoisotopic (exact) mass is 288 g/mol. The summed E-state index contributed by atoms with van der Waals surface area (Å²) in [7, 11) is 0. The van der Waals surface area contributed by atoms with Gasteiger partial charge in [0.15, 0.2) is 0 Å². The average molecular weight is 288 g/mol. The number of halogens is 3. The van der Waals surface area contributed by atoms with Crippen molar-refractivity contribution < 1.29 is 17.9 Å². The Labute approximate surface area is 111 Å². The topological polar surface area (TPSA) is 48.1 Å². The zero-order chi connectivity index (χ0) is 13.9. The third-order valence-corrected chi connectivity index (χ3v) is 3.25. The molecule has 1 aromatic carbocycles. The van der Waals surface area contributed by atoms with Crippen LogP contribution in [0.2, 0.25) is 0 Å². The molecule has 19 heavy (non-hydrogen) atoms. The van der Waals surface area contributed by atoms with Gasteiger partial charge in [-0.3, -0.25) is 4.98 Å². The van der Waals surface area contributed by atoms with Gasteiger partial charge in [0, 0.05) is 23.5 Å². The fourth-order valence-electron chi connectivity index (χ4n) is 1.59. The summed E-state index contributed by atoms with van der Waals surface area (Å²) in [5, 5.41) is 0. The molecule has 0 saturated heterocycles. The molecular weight excluding hydrogens is 277 g/mol. The molecule has 0 aliphatic rings. The predicted molar refractivity (Wildman–Crippen MR) is 65.9 cm³/mol. The molecule has 2 rings (SSSR count). The SMILES string of the molecule is NC(Cc1cncs1)c1ccc(OC(F)(F)F)cc1. The number of benzene rings is 1. The Morgan fingerprint density at radius 1 is 1.26 bits per heavy atom. The van der Waals surface area contributed by atoms with Gasteiger partial charge < -0.3 is 10.5 Å². The van der Waals surface area contributed by atoms with Crippen LogP contribution in [0.5, 0.6) is 5.75 Å². The van der Waals surface area contributed by atoms with E-state index < -0.39 is 6.36 Å². The van der Waals surface area contributed by atoms with Gasteiger partial charge in [0.05, 0.1) is 5.51 Å². The fourth-order valence-corrected chi connectivity index (χ4v) is 2.25. The molecule has 0 saturated carbocycles. The third-order valence-electron chi connectivity index (χ3n) is 2.45. The first-order valence-corrected chi connectivity index (χ1v) is 6.30. The molecule has 1 unspecified atom stereocenters. The van der Waals surface area contributed by atoms with Gasteiger partial charge in [-0.1, -0.05) is 12.1 Å². The van der Waals surface area contributed by atoms with E-state index in [0.717, 1.165) is 10.4 Å².